The average Bonchev–Trinajstić information content (AvgIpc) is 2.89. The summed E-state index contributed by atoms with van der Waals surface area (Å²) in [5.41, 5.74) is 4.45. The Morgan fingerprint density at radius 2 is 1.80 bits per heavy atom. The molecule has 2 aromatic heterocycles. The highest BCUT2D eigenvalue weighted by Gasteiger charge is 2.41. The van der Waals surface area contributed by atoms with Gasteiger partial charge in [0.05, 0.1) is 0 Å². The molecule has 4 heterocycles. The second-order valence-electron chi connectivity index (χ2n) is 10.4. The molecule has 0 N–H and O–H groups in total. The number of anilines is 1. The largest absolute Gasteiger partial charge is 0.342 e. The van der Waals surface area contributed by atoms with Gasteiger partial charge in [0.15, 0.2) is 0 Å². The van der Waals surface area contributed by atoms with Crippen LogP contribution >= 0.6 is 0 Å². The molecule has 0 radical (unpaired) electrons. The van der Waals surface area contributed by atoms with E-state index in [0.29, 0.717) is 11.8 Å². The summed E-state index contributed by atoms with van der Waals surface area (Å²) < 4.78 is 0. The Balaban J connectivity index is 1.23. The molecule has 0 spiro atoms. The van der Waals surface area contributed by atoms with Crippen molar-refractivity contribution in [2.45, 2.75) is 51.9 Å². The van der Waals surface area contributed by atoms with Crippen molar-refractivity contribution in [1.82, 2.24) is 19.9 Å². The van der Waals surface area contributed by atoms with Crippen LogP contribution in [0, 0.1) is 12.3 Å². The van der Waals surface area contributed by atoms with E-state index >= 15 is 0 Å². The first-order valence-corrected chi connectivity index (χ1v) is 12.8. The van der Waals surface area contributed by atoms with Crippen LogP contribution in [0.15, 0.2) is 60.9 Å². The summed E-state index contributed by atoms with van der Waals surface area (Å²) in [4.78, 5) is 31.8. The molecule has 2 aliphatic heterocycles. The first-order valence-electron chi connectivity index (χ1n) is 12.8. The molecule has 1 amide bonds. The number of aryl methyl sites for hydroxylation is 1. The number of nitrogens with zero attached hydrogens (tertiary/aromatic N) is 5. The zero-order chi connectivity index (χ0) is 24.3. The summed E-state index contributed by atoms with van der Waals surface area (Å²) in [5, 5.41) is 0. The van der Waals surface area contributed by atoms with Crippen LogP contribution in [0.25, 0.3) is 0 Å². The lowest BCUT2D eigenvalue weighted by molar-refractivity contribution is -0.143. The number of carbonyl (C=O) groups is 1. The fourth-order valence-electron chi connectivity index (χ4n) is 5.51. The van der Waals surface area contributed by atoms with Gasteiger partial charge >= 0.3 is 0 Å². The van der Waals surface area contributed by atoms with E-state index in [9.17, 15) is 4.79 Å². The molecule has 0 aliphatic carbocycles. The van der Waals surface area contributed by atoms with E-state index in [4.69, 9.17) is 4.98 Å². The standard InChI is InChI=1S/C29H35N5O/c1-22-7-3-8-23(19-22)20-25-10-4-11-26(32-25)24-9-5-16-34(21-24)27(35)29(2)12-17-33(18-13-29)28-30-14-6-15-31-28/h3-4,6-8,10-11,14-15,19,24H,5,9,12-13,16-18,20-21H2,1-2H3/t24-/m1/s1. The van der Waals surface area contributed by atoms with Crippen molar-refractivity contribution in [1.29, 1.82) is 0 Å². The van der Waals surface area contributed by atoms with E-state index in [1.54, 1.807) is 12.4 Å². The molecule has 2 fully saturated rings. The molecule has 1 aromatic carbocycles. The predicted molar refractivity (Wildman–Crippen MR) is 138 cm³/mol. The molecule has 35 heavy (non-hydrogen) atoms. The Morgan fingerprint density at radius 3 is 2.57 bits per heavy atom. The molecule has 2 saturated heterocycles. The van der Waals surface area contributed by atoms with E-state index in [1.165, 1.54) is 11.1 Å². The van der Waals surface area contributed by atoms with Gasteiger partial charge in [0.1, 0.15) is 0 Å². The summed E-state index contributed by atoms with van der Waals surface area (Å²) in [6.07, 6.45) is 8.16. The Kier molecular flexibility index (Phi) is 6.80. The molecule has 5 rings (SSSR count). The molecular weight excluding hydrogens is 434 g/mol. The van der Waals surface area contributed by atoms with Crippen molar-refractivity contribution >= 4 is 11.9 Å². The van der Waals surface area contributed by atoms with Crippen LogP contribution in [-0.2, 0) is 11.2 Å². The molecule has 3 aromatic rings. The molecule has 2 aliphatic rings. The maximum absolute atomic E-state index is 13.7. The van der Waals surface area contributed by atoms with E-state index in [1.807, 2.05) is 6.07 Å². The van der Waals surface area contributed by atoms with Gasteiger partial charge in [-0.3, -0.25) is 9.78 Å². The van der Waals surface area contributed by atoms with Gasteiger partial charge < -0.3 is 9.80 Å². The van der Waals surface area contributed by atoms with Gasteiger partial charge in [0.25, 0.3) is 0 Å². The first-order chi connectivity index (χ1) is 17.0. The van der Waals surface area contributed by atoms with Crippen molar-refractivity contribution in [3.8, 4) is 0 Å². The topological polar surface area (TPSA) is 62.2 Å². The number of aromatic nitrogens is 3. The first kappa shape index (κ1) is 23.5. The van der Waals surface area contributed by atoms with Gasteiger partial charge in [-0.1, -0.05) is 42.8 Å². The second-order valence-corrected chi connectivity index (χ2v) is 10.4. The molecule has 6 nitrogen and oxygen atoms in total. The average molecular weight is 470 g/mol. The van der Waals surface area contributed by atoms with Gasteiger partial charge in [0.2, 0.25) is 11.9 Å². The summed E-state index contributed by atoms with van der Waals surface area (Å²) in [6.45, 7) is 7.50. The maximum Gasteiger partial charge on any atom is 0.228 e. The van der Waals surface area contributed by atoms with Crippen molar-refractivity contribution in [3.63, 3.8) is 0 Å². The third kappa shape index (κ3) is 5.37. The number of benzene rings is 1. The van der Waals surface area contributed by atoms with Crippen molar-refractivity contribution in [3.05, 3.63) is 83.4 Å². The Labute approximate surface area is 208 Å². The quantitative estimate of drug-likeness (QED) is 0.538. The zero-order valence-corrected chi connectivity index (χ0v) is 20.9. The van der Waals surface area contributed by atoms with Crippen LogP contribution in [0.1, 0.15) is 61.0 Å². The van der Waals surface area contributed by atoms with Crippen LogP contribution in [0.4, 0.5) is 5.95 Å². The second kappa shape index (κ2) is 10.1. The number of amides is 1. The third-order valence-corrected chi connectivity index (χ3v) is 7.64. The van der Waals surface area contributed by atoms with E-state index < -0.39 is 0 Å². The Morgan fingerprint density at radius 1 is 1.03 bits per heavy atom. The van der Waals surface area contributed by atoms with E-state index in [2.05, 4.69) is 76.1 Å². The van der Waals surface area contributed by atoms with Crippen molar-refractivity contribution in [2.24, 2.45) is 5.41 Å². The smallest absolute Gasteiger partial charge is 0.228 e. The summed E-state index contributed by atoms with van der Waals surface area (Å²) >= 11 is 0. The zero-order valence-electron chi connectivity index (χ0n) is 20.9. The fourth-order valence-corrected chi connectivity index (χ4v) is 5.51. The van der Waals surface area contributed by atoms with Crippen LogP contribution < -0.4 is 4.90 Å². The van der Waals surface area contributed by atoms with Crippen LogP contribution in [0.2, 0.25) is 0 Å². The minimum absolute atomic E-state index is 0.298. The number of likely N-dealkylation sites (tertiary alicyclic amines) is 1. The van der Waals surface area contributed by atoms with Gasteiger partial charge in [-0.2, -0.15) is 0 Å². The number of carbonyl (C=O) groups excluding carboxylic acids is 1. The number of pyridine rings is 1. The number of hydrogen-bond donors (Lipinski definition) is 0. The molecule has 6 heteroatoms. The third-order valence-electron chi connectivity index (χ3n) is 7.64. The lowest BCUT2D eigenvalue weighted by Crippen LogP contribution is -2.51. The van der Waals surface area contributed by atoms with E-state index in [-0.39, 0.29) is 5.41 Å². The molecule has 1 atom stereocenters. The van der Waals surface area contributed by atoms with Crippen molar-refractivity contribution in [2.75, 3.05) is 31.1 Å². The van der Waals surface area contributed by atoms with Crippen molar-refractivity contribution < 1.29 is 4.79 Å². The molecule has 0 unspecified atom stereocenters. The molecular formula is C29H35N5O. The highest BCUT2D eigenvalue weighted by Crippen LogP contribution is 2.36. The summed E-state index contributed by atoms with van der Waals surface area (Å²) in [5.74, 6) is 1.36. The molecule has 0 bridgehead atoms. The van der Waals surface area contributed by atoms with Gasteiger partial charge in [-0.25, -0.2) is 9.97 Å². The van der Waals surface area contributed by atoms with Crippen LogP contribution in [-0.4, -0.2) is 51.9 Å². The minimum atomic E-state index is -0.326. The monoisotopic (exact) mass is 469 g/mol. The predicted octanol–water partition coefficient (Wildman–Crippen LogP) is 4.78. The lowest BCUT2D eigenvalue weighted by atomic mass is 9.78. The highest BCUT2D eigenvalue weighted by molar-refractivity contribution is 5.83. The van der Waals surface area contributed by atoms with Crippen LogP contribution in [0.3, 0.4) is 0 Å². The van der Waals surface area contributed by atoms with E-state index in [0.717, 1.165) is 75.6 Å². The Hall–Kier alpha value is -3.28. The highest BCUT2D eigenvalue weighted by atomic mass is 16.2. The van der Waals surface area contributed by atoms with Gasteiger partial charge in [-0.05, 0) is 56.4 Å². The van der Waals surface area contributed by atoms with Gasteiger partial charge in [0, 0.05) is 67.7 Å². The fraction of sp³-hybridized carbons (Fsp3) is 0.448. The Bertz CT molecular complexity index is 1160. The lowest BCUT2D eigenvalue weighted by Gasteiger charge is -2.43. The SMILES string of the molecule is Cc1cccc(Cc2cccc([C@@H]3CCCN(C(=O)C4(C)CCN(c5ncccn5)CC4)C3)n2)c1. The molecule has 182 valence electrons. The summed E-state index contributed by atoms with van der Waals surface area (Å²) in [7, 11) is 0. The van der Waals surface area contributed by atoms with Crippen LogP contribution in [0.5, 0.6) is 0 Å². The summed E-state index contributed by atoms with van der Waals surface area (Å²) in [6, 6.07) is 16.8. The normalized spacial score (nSPS) is 20.0. The number of rotatable bonds is 5. The maximum atomic E-state index is 13.7. The number of hydrogen-bond acceptors (Lipinski definition) is 5. The molecule has 0 saturated carbocycles. The van der Waals surface area contributed by atoms with Gasteiger partial charge in [-0.15, -0.1) is 0 Å². The minimum Gasteiger partial charge on any atom is -0.342 e. The number of piperidine rings is 2.